The molecule has 0 spiro atoms. The summed E-state index contributed by atoms with van der Waals surface area (Å²) in [6.07, 6.45) is 8.85. The predicted octanol–water partition coefficient (Wildman–Crippen LogP) is 3.12. The molecule has 0 bridgehead atoms. The number of nitrogens with zero attached hydrogens (tertiary/aromatic N) is 2. The summed E-state index contributed by atoms with van der Waals surface area (Å²) in [7, 11) is 0. The number of nitrogens with one attached hydrogen (secondary N) is 1. The second-order valence-corrected chi connectivity index (χ2v) is 4.93. The van der Waals surface area contributed by atoms with Gasteiger partial charge in [-0.05, 0) is 43.9 Å². The first-order chi connectivity index (χ1) is 9.33. The Morgan fingerprint density at radius 3 is 3.05 bits per heavy atom. The normalized spacial score (nSPS) is 14.6. The van der Waals surface area contributed by atoms with Gasteiger partial charge in [-0.25, -0.2) is 9.97 Å². The van der Waals surface area contributed by atoms with E-state index in [1.165, 1.54) is 19.3 Å². The van der Waals surface area contributed by atoms with Crippen molar-refractivity contribution >= 4 is 22.4 Å². The number of rotatable bonds is 4. The zero-order valence-electron chi connectivity index (χ0n) is 10.9. The largest absolute Gasteiger partial charge is 0.399 e. The molecule has 98 valence electrons. The van der Waals surface area contributed by atoms with Gasteiger partial charge < -0.3 is 11.1 Å². The fraction of sp³-hybridized carbons (Fsp3) is 0.333. The van der Waals surface area contributed by atoms with Crippen LogP contribution in [0.25, 0.3) is 10.9 Å². The topological polar surface area (TPSA) is 63.8 Å². The number of allylic oxidation sites excluding steroid dienone is 1. The maximum absolute atomic E-state index is 5.77. The first kappa shape index (κ1) is 12.0. The Bertz CT molecular complexity index is 619. The van der Waals surface area contributed by atoms with E-state index < -0.39 is 0 Å². The standard InChI is InChI=1S/C15H18N4/c16-12-5-6-13-14(9-12)18-10-19-15(13)17-8-7-11-3-1-2-4-11/h3,5-6,9-10H,1-2,4,7-8,16H2,(H,17,18,19). The molecule has 1 aromatic carbocycles. The predicted molar refractivity (Wildman–Crippen MR) is 79.0 cm³/mol. The SMILES string of the molecule is Nc1ccc2c(NCCC3=CCCC3)ncnc2c1. The lowest BCUT2D eigenvalue weighted by molar-refractivity contribution is 0.862. The number of benzene rings is 1. The minimum absolute atomic E-state index is 0.730. The Hall–Kier alpha value is -2.10. The Morgan fingerprint density at radius 2 is 2.21 bits per heavy atom. The molecule has 19 heavy (non-hydrogen) atoms. The van der Waals surface area contributed by atoms with Gasteiger partial charge in [-0.2, -0.15) is 0 Å². The average molecular weight is 254 g/mol. The fourth-order valence-electron chi connectivity index (χ4n) is 2.52. The summed E-state index contributed by atoms with van der Waals surface area (Å²) in [5, 5.41) is 4.43. The van der Waals surface area contributed by atoms with Gasteiger partial charge in [0.05, 0.1) is 5.52 Å². The van der Waals surface area contributed by atoms with E-state index in [9.17, 15) is 0 Å². The molecule has 1 aromatic heterocycles. The number of fused-ring (bicyclic) bond motifs is 1. The van der Waals surface area contributed by atoms with E-state index in [4.69, 9.17) is 5.73 Å². The minimum atomic E-state index is 0.730. The lowest BCUT2D eigenvalue weighted by Gasteiger charge is -2.09. The molecule has 0 amide bonds. The molecule has 1 aliphatic rings. The van der Waals surface area contributed by atoms with Crippen LogP contribution < -0.4 is 11.1 Å². The number of nitrogens with two attached hydrogens (primary N) is 1. The molecular formula is C15H18N4. The molecule has 0 radical (unpaired) electrons. The maximum Gasteiger partial charge on any atom is 0.137 e. The van der Waals surface area contributed by atoms with Gasteiger partial charge >= 0.3 is 0 Å². The molecule has 2 aromatic rings. The first-order valence-corrected chi connectivity index (χ1v) is 6.75. The van der Waals surface area contributed by atoms with E-state index in [2.05, 4.69) is 21.4 Å². The fourth-order valence-corrected chi connectivity index (χ4v) is 2.52. The van der Waals surface area contributed by atoms with Gasteiger partial charge in [0, 0.05) is 17.6 Å². The zero-order valence-corrected chi connectivity index (χ0v) is 10.9. The van der Waals surface area contributed by atoms with Gasteiger partial charge in [-0.15, -0.1) is 0 Å². The highest BCUT2D eigenvalue weighted by Gasteiger charge is 2.06. The van der Waals surface area contributed by atoms with Crippen LogP contribution in [0.5, 0.6) is 0 Å². The van der Waals surface area contributed by atoms with E-state index in [-0.39, 0.29) is 0 Å². The number of nitrogen functional groups attached to an aromatic ring is 1. The molecule has 4 nitrogen and oxygen atoms in total. The lowest BCUT2D eigenvalue weighted by Crippen LogP contribution is -2.05. The summed E-state index contributed by atoms with van der Waals surface area (Å²) in [6, 6.07) is 5.74. The number of aromatic nitrogens is 2. The van der Waals surface area contributed by atoms with Crippen molar-refractivity contribution in [3.05, 3.63) is 36.2 Å². The minimum Gasteiger partial charge on any atom is -0.399 e. The highest BCUT2D eigenvalue weighted by Crippen LogP contribution is 2.23. The lowest BCUT2D eigenvalue weighted by atomic mass is 10.1. The van der Waals surface area contributed by atoms with Crippen molar-refractivity contribution < 1.29 is 0 Å². The number of hydrogen-bond acceptors (Lipinski definition) is 4. The molecule has 1 heterocycles. The Kier molecular flexibility index (Phi) is 3.31. The van der Waals surface area contributed by atoms with Gasteiger partial charge in [0.1, 0.15) is 12.1 Å². The van der Waals surface area contributed by atoms with E-state index >= 15 is 0 Å². The molecule has 0 saturated heterocycles. The molecule has 0 saturated carbocycles. The molecule has 3 rings (SSSR count). The van der Waals surface area contributed by atoms with Crippen LogP contribution in [-0.4, -0.2) is 16.5 Å². The van der Waals surface area contributed by atoms with Crippen LogP contribution in [0.4, 0.5) is 11.5 Å². The van der Waals surface area contributed by atoms with Gasteiger partial charge in [0.15, 0.2) is 0 Å². The van der Waals surface area contributed by atoms with Crippen molar-refractivity contribution in [2.24, 2.45) is 0 Å². The van der Waals surface area contributed by atoms with Crippen molar-refractivity contribution in [1.29, 1.82) is 0 Å². The van der Waals surface area contributed by atoms with Crippen LogP contribution in [0.3, 0.4) is 0 Å². The third-order valence-corrected chi connectivity index (χ3v) is 3.53. The van der Waals surface area contributed by atoms with Crippen molar-refractivity contribution in [1.82, 2.24) is 9.97 Å². The smallest absolute Gasteiger partial charge is 0.137 e. The molecule has 1 aliphatic carbocycles. The Balaban J connectivity index is 1.73. The summed E-state index contributed by atoms with van der Waals surface area (Å²) in [5.41, 5.74) is 8.95. The molecular weight excluding hydrogens is 236 g/mol. The van der Waals surface area contributed by atoms with E-state index in [0.717, 1.165) is 35.4 Å². The monoisotopic (exact) mass is 254 g/mol. The van der Waals surface area contributed by atoms with Crippen molar-refractivity contribution in [3.63, 3.8) is 0 Å². The van der Waals surface area contributed by atoms with E-state index in [1.54, 1.807) is 11.9 Å². The molecule has 0 aliphatic heterocycles. The second-order valence-electron chi connectivity index (χ2n) is 4.93. The third-order valence-electron chi connectivity index (χ3n) is 3.53. The Labute approximate surface area is 112 Å². The van der Waals surface area contributed by atoms with Crippen LogP contribution in [0.2, 0.25) is 0 Å². The van der Waals surface area contributed by atoms with E-state index in [0.29, 0.717) is 0 Å². The van der Waals surface area contributed by atoms with Crippen LogP contribution in [0.15, 0.2) is 36.2 Å². The highest BCUT2D eigenvalue weighted by molar-refractivity contribution is 5.90. The first-order valence-electron chi connectivity index (χ1n) is 6.75. The van der Waals surface area contributed by atoms with Gasteiger partial charge in [-0.3, -0.25) is 0 Å². The summed E-state index contributed by atoms with van der Waals surface area (Å²) < 4.78 is 0. The van der Waals surface area contributed by atoms with E-state index in [1.807, 2.05) is 18.2 Å². The highest BCUT2D eigenvalue weighted by atomic mass is 15.0. The Morgan fingerprint density at radius 1 is 1.26 bits per heavy atom. The molecule has 3 N–H and O–H groups in total. The summed E-state index contributed by atoms with van der Waals surface area (Å²) in [6.45, 7) is 0.919. The summed E-state index contributed by atoms with van der Waals surface area (Å²) >= 11 is 0. The second kappa shape index (κ2) is 5.26. The summed E-state index contributed by atoms with van der Waals surface area (Å²) in [4.78, 5) is 8.56. The van der Waals surface area contributed by atoms with Crippen LogP contribution in [-0.2, 0) is 0 Å². The third kappa shape index (κ3) is 2.67. The summed E-state index contributed by atoms with van der Waals surface area (Å²) in [5.74, 6) is 0.892. The van der Waals surface area contributed by atoms with Gasteiger partial charge in [-0.1, -0.05) is 11.6 Å². The van der Waals surface area contributed by atoms with Crippen LogP contribution in [0, 0.1) is 0 Å². The molecule has 0 unspecified atom stereocenters. The van der Waals surface area contributed by atoms with Crippen molar-refractivity contribution in [2.75, 3.05) is 17.6 Å². The quantitative estimate of drug-likeness (QED) is 0.650. The van der Waals surface area contributed by atoms with Crippen LogP contribution in [0.1, 0.15) is 25.7 Å². The molecule has 0 fully saturated rings. The van der Waals surface area contributed by atoms with Crippen molar-refractivity contribution in [3.8, 4) is 0 Å². The number of anilines is 2. The molecule has 0 atom stereocenters. The average Bonchev–Trinajstić information content (AvgIpc) is 2.92. The number of hydrogen-bond donors (Lipinski definition) is 2. The molecule has 4 heteroatoms. The van der Waals surface area contributed by atoms with Crippen LogP contribution >= 0.6 is 0 Å². The van der Waals surface area contributed by atoms with Gasteiger partial charge in [0.25, 0.3) is 0 Å². The maximum atomic E-state index is 5.77. The zero-order chi connectivity index (χ0) is 13.1. The van der Waals surface area contributed by atoms with Gasteiger partial charge in [0.2, 0.25) is 0 Å². The van der Waals surface area contributed by atoms with Crippen molar-refractivity contribution in [2.45, 2.75) is 25.7 Å².